The number of rotatable bonds is 3. The number of hydrogen-bond donors (Lipinski definition) is 1. The summed E-state index contributed by atoms with van der Waals surface area (Å²) in [6.07, 6.45) is 0. The molecule has 0 aliphatic carbocycles. The van der Waals surface area contributed by atoms with Gasteiger partial charge in [0.1, 0.15) is 0 Å². The Balaban J connectivity index is 2.22. The van der Waals surface area contributed by atoms with Crippen molar-refractivity contribution in [2.24, 2.45) is 0 Å². The minimum atomic E-state index is 0.0574. The number of benzene rings is 2. The van der Waals surface area contributed by atoms with Crippen molar-refractivity contribution in [2.45, 2.75) is 42.6 Å². The zero-order chi connectivity index (χ0) is 14.8. The molecule has 20 heavy (non-hydrogen) atoms. The molecule has 0 fully saturated rings. The van der Waals surface area contributed by atoms with Crippen molar-refractivity contribution in [3.05, 3.63) is 58.1 Å². The van der Waals surface area contributed by atoms with Crippen molar-refractivity contribution in [2.75, 3.05) is 0 Å². The van der Waals surface area contributed by atoms with E-state index in [0.717, 1.165) is 14.9 Å². The average Bonchev–Trinajstić information content (AvgIpc) is 2.40. The summed E-state index contributed by atoms with van der Waals surface area (Å²) in [5.41, 5.74) is 2.46. The van der Waals surface area contributed by atoms with Gasteiger partial charge in [-0.3, -0.25) is 0 Å². The average molecular weight is 351 g/mol. The zero-order valence-corrected chi connectivity index (χ0v) is 14.4. The number of aliphatic hydroxyl groups is 1. The molecule has 2 aromatic rings. The topological polar surface area (TPSA) is 20.2 Å². The number of halogens is 1. The number of hydrogen-bond acceptors (Lipinski definition) is 2. The normalized spacial score (nSPS) is 11.7. The summed E-state index contributed by atoms with van der Waals surface area (Å²) in [6, 6.07) is 14.7. The van der Waals surface area contributed by atoms with Gasteiger partial charge in [-0.15, -0.1) is 0 Å². The van der Waals surface area contributed by atoms with Crippen LogP contribution in [0.2, 0.25) is 0 Å². The predicted octanol–water partition coefficient (Wildman–Crippen LogP) is 5.39. The lowest BCUT2D eigenvalue weighted by atomic mass is 9.87. The number of aliphatic hydroxyl groups excluding tert-OH is 1. The van der Waals surface area contributed by atoms with E-state index in [2.05, 4.69) is 61.0 Å². The zero-order valence-electron chi connectivity index (χ0n) is 12.0. The summed E-state index contributed by atoms with van der Waals surface area (Å²) in [6.45, 7) is 6.71. The van der Waals surface area contributed by atoms with Gasteiger partial charge in [-0.05, 0) is 46.9 Å². The van der Waals surface area contributed by atoms with E-state index < -0.39 is 0 Å². The van der Waals surface area contributed by atoms with Gasteiger partial charge < -0.3 is 5.11 Å². The monoisotopic (exact) mass is 350 g/mol. The summed E-state index contributed by atoms with van der Waals surface area (Å²) < 4.78 is 0.994. The molecule has 3 heteroatoms. The Hall–Kier alpha value is -0.770. The Morgan fingerprint density at radius 2 is 1.70 bits per heavy atom. The highest BCUT2D eigenvalue weighted by atomic mass is 79.9. The summed E-state index contributed by atoms with van der Waals surface area (Å²) in [5.74, 6) is 0. The van der Waals surface area contributed by atoms with Gasteiger partial charge in [-0.25, -0.2) is 0 Å². The van der Waals surface area contributed by atoms with E-state index in [9.17, 15) is 5.11 Å². The lowest BCUT2D eigenvalue weighted by Gasteiger charge is -2.19. The van der Waals surface area contributed by atoms with Crippen LogP contribution in [0.15, 0.2) is 56.7 Å². The molecule has 2 aromatic carbocycles. The summed E-state index contributed by atoms with van der Waals surface area (Å²) in [7, 11) is 0. The molecule has 0 saturated carbocycles. The fourth-order valence-corrected chi connectivity index (χ4v) is 3.25. The molecular formula is C17H19BrOS. The highest BCUT2D eigenvalue weighted by Gasteiger charge is 2.13. The maximum absolute atomic E-state index is 9.44. The van der Waals surface area contributed by atoms with E-state index in [1.165, 1.54) is 10.5 Å². The third kappa shape index (κ3) is 3.87. The van der Waals surface area contributed by atoms with Crippen LogP contribution in [0.1, 0.15) is 31.9 Å². The molecule has 0 aromatic heterocycles. The molecule has 2 rings (SSSR count). The molecule has 0 radical (unpaired) electrons. The highest BCUT2D eigenvalue weighted by molar-refractivity contribution is 9.10. The van der Waals surface area contributed by atoms with E-state index in [1.54, 1.807) is 11.8 Å². The first-order valence-electron chi connectivity index (χ1n) is 6.58. The second-order valence-electron chi connectivity index (χ2n) is 5.79. The van der Waals surface area contributed by atoms with E-state index in [-0.39, 0.29) is 12.0 Å². The van der Waals surface area contributed by atoms with Gasteiger partial charge in [0.25, 0.3) is 0 Å². The van der Waals surface area contributed by atoms with Crippen LogP contribution in [0.3, 0.4) is 0 Å². The van der Waals surface area contributed by atoms with Crippen LogP contribution in [0.5, 0.6) is 0 Å². The molecule has 1 N–H and O–H groups in total. The van der Waals surface area contributed by atoms with Crippen LogP contribution in [0.4, 0.5) is 0 Å². The van der Waals surface area contributed by atoms with Crippen molar-refractivity contribution in [3.63, 3.8) is 0 Å². The predicted molar refractivity (Wildman–Crippen MR) is 89.3 cm³/mol. The Morgan fingerprint density at radius 1 is 1.05 bits per heavy atom. The molecule has 0 saturated heterocycles. The van der Waals surface area contributed by atoms with Crippen molar-refractivity contribution in [1.29, 1.82) is 0 Å². The van der Waals surface area contributed by atoms with Crippen LogP contribution in [0.25, 0.3) is 0 Å². The quantitative estimate of drug-likeness (QED) is 0.800. The molecule has 106 valence electrons. The van der Waals surface area contributed by atoms with E-state index in [4.69, 9.17) is 0 Å². The molecular weight excluding hydrogens is 332 g/mol. The van der Waals surface area contributed by atoms with E-state index >= 15 is 0 Å². The lowest BCUT2D eigenvalue weighted by Crippen LogP contribution is -2.10. The molecule has 0 atom stereocenters. The minimum absolute atomic E-state index is 0.0574. The smallest absolute Gasteiger partial charge is 0.0693 e. The summed E-state index contributed by atoms with van der Waals surface area (Å²) >= 11 is 5.12. The Bertz CT molecular complexity index is 585. The standard InChI is InChI=1S/C17H19BrOS/c1-17(2,3)13-4-7-15(8-5-13)20-16-9-6-14(18)10-12(16)11-19/h4-10,19H,11H2,1-3H3. The third-order valence-corrected chi connectivity index (χ3v) is 4.76. The second-order valence-corrected chi connectivity index (χ2v) is 7.82. The Labute approximate surface area is 133 Å². The van der Waals surface area contributed by atoms with E-state index in [0.29, 0.717) is 0 Å². The van der Waals surface area contributed by atoms with Crippen molar-refractivity contribution >= 4 is 27.7 Å². The highest BCUT2D eigenvalue weighted by Crippen LogP contribution is 2.33. The van der Waals surface area contributed by atoms with Gasteiger partial charge in [0, 0.05) is 14.3 Å². The van der Waals surface area contributed by atoms with Crippen LogP contribution in [0, 0.1) is 0 Å². The second kappa shape index (κ2) is 6.33. The first kappa shape index (κ1) is 15.6. The third-order valence-electron chi connectivity index (χ3n) is 3.14. The van der Waals surface area contributed by atoms with Crippen LogP contribution in [-0.4, -0.2) is 5.11 Å². The minimum Gasteiger partial charge on any atom is -0.392 e. The molecule has 0 heterocycles. The van der Waals surface area contributed by atoms with Crippen molar-refractivity contribution < 1.29 is 5.11 Å². The van der Waals surface area contributed by atoms with Gasteiger partial charge in [0.2, 0.25) is 0 Å². The summed E-state index contributed by atoms with van der Waals surface area (Å²) in [5, 5.41) is 9.44. The van der Waals surface area contributed by atoms with E-state index in [1.807, 2.05) is 18.2 Å². The molecule has 0 amide bonds. The molecule has 0 unspecified atom stereocenters. The maximum Gasteiger partial charge on any atom is 0.0693 e. The lowest BCUT2D eigenvalue weighted by molar-refractivity contribution is 0.279. The van der Waals surface area contributed by atoms with Crippen molar-refractivity contribution in [3.8, 4) is 0 Å². The van der Waals surface area contributed by atoms with Crippen LogP contribution in [-0.2, 0) is 12.0 Å². The summed E-state index contributed by atoms with van der Waals surface area (Å²) in [4.78, 5) is 2.29. The Kier molecular flexibility index (Phi) is 4.95. The first-order chi connectivity index (χ1) is 9.40. The fraction of sp³-hybridized carbons (Fsp3) is 0.294. The van der Waals surface area contributed by atoms with Crippen LogP contribution < -0.4 is 0 Å². The largest absolute Gasteiger partial charge is 0.392 e. The molecule has 1 nitrogen and oxygen atoms in total. The van der Waals surface area contributed by atoms with Crippen molar-refractivity contribution in [1.82, 2.24) is 0 Å². The van der Waals surface area contributed by atoms with Gasteiger partial charge in [0.15, 0.2) is 0 Å². The Morgan fingerprint density at radius 3 is 2.25 bits per heavy atom. The van der Waals surface area contributed by atoms with Gasteiger partial charge in [-0.2, -0.15) is 0 Å². The molecule has 0 spiro atoms. The molecule has 0 bridgehead atoms. The SMILES string of the molecule is CC(C)(C)c1ccc(Sc2ccc(Br)cc2CO)cc1. The van der Waals surface area contributed by atoms with Gasteiger partial charge in [0.05, 0.1) is 6.61 Å². The van der Waals surface area contributed by atoms with Gasteiger partial charge >= 0.3 is 0 Å². The maximum atomic E-state index is 9.44. The van der Waals surface area contributed by atoms with Gasteiger partial charge in [-0.1, -0.05) is 60.6 Å². The van der Waals surface area contributed by atoms with Crippen LogP contribution >= 0.6 is 27.7 Å². The first-order valence-corrected chi connectivity index (χ1v) is 8.19. The molecule has 0 aliphatic rings. The molecule has 0 aliphatic heterocycles. The fourth-order valence-electron chi connectivity index (χ4n) is 1.92.